The molecule has 77 valence electrons. The minimum absolute atomic E-state index is 0. The summed E-state index contributed by atoms with van der Waals surface area (Å²) < 4.78 is 0. The Kier molecular flexibility index (Phi) is 5.81. The Bertz CT molecular complexity index is 486. The fourth-order valence-corrected chi connectivity index (χ4v) is 1.90. The van der Waals surface area contributed by atoms with Crippen LogP contribution >= 0.6 is 23.2 Å². The Balaban J connectivity index is 0.00000128. The van der Waals surface area contributed by atoms with E-state index in [4.69, 9.17) is 23.2 Å². The van der Waals surface area contributed by atoms with Crippen molar-refractivity contribution < 1.29 is 5.11 Å². The number of halogens is 2. The van der Waals surface area contributed by atoms with Crippen molar-refractivity contribution >= 4 is 74.6 Å². The summed E-state index contributed by atoms with van der Waals surface area (Å²) in [5.74, 6) is 0.0623. The molecule has 2 rings (SSSR count). The van der Waals surface area contributed by atoms with Gasteiger partial charge >= 0.3 is 0 Å². The SMILES string of the molecule is Oc1c(Cl)cc(Cl)cc1-c1ccccc1.[K]. The van der Waals surface area contributed by atoms with Crippen LogP contribution in [0.5, 0.6) is 5.75 Å². The standard InChI is InChI=1S/C12H8Cl2O.K/c13-9-6-10(12(15)11(14)7-9)8-4-2-1-3-5-8;/h1-7,15H;. The summed E-state index contributed by atoms with van der Waals surface area (Å²) in [6, 6.07) is 12.7. The minimum Gasteiger partial charge on any atom is -0.506 e. The van der Waals surface area contributed by atoms with E-state index < -0.39 is 0 Å². The Hall–Kier alpha value is 0.456. The molecule has 1 N–H and O–H groups in total. The van der Waals surface area contributed by atoms with Crippen molar-refractivity contribution in [3.63, 3.8) is 0 Å². The van der Waals surface area contributed by atoms with Crippen molar-refractivity contribution in [3.8, 4) is 16.9 Å². The zero-order valence-electron chi connectivity index (χ0n) is 8.74. The molecule has 2 aromatic rings. The van der Waals surface area contributed by atoms with Crippen molar-refractivity contribution in [1.29, 1.82) is 0 Å². The van der Waals surface area contributed by atoms with Crippen LogP contribution in [0.1, 0.15) is 0 Å². The number of hydrogen-bond acceptors (Lipinski definition) is 1. The molecule has 0 aromatic heterocycles. The van der Waals surface area contributed by atoms with Crippen LogP contribution in [0.25, 0.3) is 11.1 Å². The number of benzene rings is 2. The van der Waals surface area contributed by atoms with Gasteiger partial charge in [-0.25, -0.2) is 0 Å². The molecular formula is C12H8Cl2KO. The smallest absolute Gasteiger partial charge is 0.142 e. The minimum atomic E-state index is 0. The first-order valence-corrected chi connectivity index (χ1v) is 5.17. The number of hydrogen-bond donors (Lipinski definition) is 1. The molecule has 0 saturated carbocycles. The Labute approximate surface area is 147 Å². The van der Waals surface area contributed by atoms with Crippen LogP contribution in [-0.4, -0.2) is 56.5 Å². The van der Waals surface area contributed by atoms with Crippen LogP contribution in [0.4, 0.5) is 0 Å². The predicted molar refractivity (Wildman–Crippen MR) is 69.3 cm³/mol. The molecule has 0 aliphatic rings. The van der Waals surface area contributed by atoms with Crippen molar-refractivity contribution in [2.45, 2.75) is 0 Å². The molecule has 0 aliphatic carbocycles. The topological polar surface area (TPSA) is 20.2 Å². The molecule has 0 heterocycles. The van der Waals surface area contributed by atoms with Gasteiger partial charge in [0, 0.05) is 62.0 Å². The van der Waals surface area contributed by atoms with Gasteiger partial charge in [-0.1, -0.05) is 53.5 Å². The van der Waals surface area contributed by atoms with E-state index in [1.165, 1.54) is 6.07 Å². The van der Waals surface area contributed by atoms with E-state index in [1.807, 2.05) is 30.3 Å². The summed E-state index contributed by atoms with van der Waals surface area (Å²) in [6.07, 6.45) is 0. The van der Waals surface area contributed by atoms with E-state index in [0.717, 1.165) is 5.56 Å². The average molecular weight is 278 g/mol. The molecule has 4 heteroatoms. The van der Waals surface area contributed by atoms with Crippen LogP contribution in [0.15, 0.2) is 42.5 Å². The van der Waals surface area contributed by atoms with E-state index in [2.05, 4.69) is 0 Å². The number of aromatic hydroxyl groups is 1. The first-order chi connectivity index (χ1) is 7.18. The van der Waals surface area contributed by atoms with Crippen molar-refractivity contribution in [3.05, 3.63) is 52.5 Å². The van der Waals surface area contributed by atoms with Gasteiger partial charge in [0.15, 0.2) is 0 Å². The zero-order chi connectivity index (χ0) is 10.8. The summed E-state index contributed by atoms with van der Waals surface area (Å²) >= 11 is 11.7. The summed E-state index contributed by atoms with van der Waals surface area (Å²) in [7, 11) is 0. The molecule has 0 bridgehead atoms. The quantitative estimate of drug-likeness (QED) is 0.782. The second-order valence-electron chi connectivity index (χ2n) is 3.15. The van der Waals surface area contributed by atoms with E-state index in [-0.39, 0.29) is 62.2 Å². The van der Waals surface area contributed by atoms with Gasteiger partial charge in [0.1, 0.15) is 5.75 Å². The summed E-state index contributed by atoms with van der Waals surface area (Å²) in [5, 5.41) is 10.6. The molecule has 1 nitrogen and oxygen atoms in total. The van der Waals surface area contributed by atoms with Gasteiger partial charge in [0.05, 0.1) is 5.02 Å². The normalized spacial score (nSPS) is 9.62. The van der Waals surface area contributed by atoms with E-state index in [0.29, 0.717) is 10.6 Å². The molecule has 0 atom stereocenters. The average Bonchev–Trinajstić information content (AvgIpc) is 2.24. The van der Waals surface area contributed by atoms with Crippen LogP contribution in [0.3, 0.4) is 0 Å². The predicted octanol–water partition coefficient (Wildman–Crippen LogP) is 3.99. The van der Waals surface area contributed by atoms with E-state index in [9.17, 15) is 5.11 Å². The second kappa shape index (κ2) is 6.41. The molecule has 0 amide bonds. The Morgan fingerprint density at radius 1 is 0.938 bits per heavy atom. The Morgan fingerprint density at radius 3 is 2.19 bits per heavy atom. The Morgan fingerprint density at radius 2 is 1.56 bits per heavy atom. The van der Waals surface area contributed by atoms with Crippen molar-refractivity contribution in [2.24, 2.45) is 0 Å². The van der Waals surface area contributed by atoms with E-state index in [1.54, 1.807) is 6.07 Å². The fourth-order valence-electron chi connectivity index (χ4n) is 1.40. The van der Waals surface area contributed by atoms with Crippen LogP contribution in [-0.2, 0) is 0 Å². The number of phenolic OH excluding ortho intramolecular Hbond substituents is 1. The summed E-state index contributed by atoms with van der Waals surface area (Å²) in [6.45, 7) is 0. The third kappa shape index (κ3) is 3.23. The van der Waals surface area contributed by atoms with Gasteiger partial charge in [-0.3, -0.25) is 0 Å². The summed E-state index contributed by atoms with van der Waals surface area (Å²) in [4.78, 5) is 0. The second-order valence-corrected chi connectivity index (χ2v) is 3.99. The van der Waals surface area contributed by atoms with E-state index >= 15 is 0 Å². The van der Waals surface area contributed by atoms with Gasteiger partial charge in [-0.05, 0) is 17.7 Å². The van der Waals surface area contributed by atoms with Gasteiger partial charge < -0.3 is 5.11 Å². The maximum absolute atomic E-state index is 9.78. The zero-order valence-corrected chi connectivity index (χ0v) is 13.4. The maximum atomic E-state index is 9.78. The third-order valence-corrected chi connectivity index (χ3v) is 2.62. The van der Waals surface area contributed by atoms with Crippen molar-refractivity contribution in [1.82, 2.24) is 0 Å². The molecule has 0 saturated heterocycles. The summed E-state index contributed by atoms with van der Waals surface area (Å²) in [5.41, 5.74) is 1.53. The molecule has 0 aliphatic heterocycles. The molecule has 0 fully saturated rings. The van der Waals surface area contributed by atoms with Gasteiger partial charge in [-0.15, -0.1) is 0 Å². The van der Waals surface area contributed by atoms with Crippen molar-refractivity contribution in [2.75, 3.05) is 0 Å². The van der Waals surface area contributed by atoms with Gasteiger partial charge in [-0.2, -0.15) is 0 Å². The van der Waals surface area contributed by atoms with Gasteiger partial charge in [0.25, 0.3) is 0 Å². The number of phenols is 1. The molecule has 16 heavy (non-hydrogen) atoms. The van der Waals surface area contributed by atoms with Crippen LogP contribution < -0.4 is 0 Å². The molecule has 2 aromatic carbocycles. The monoisotopic (exact) mass is 277 g/mol. The first-order valence-electron chi connectivity index (χ1n) is 4.42. The van der Waals surface area contributed by atoms with Gasteiger partial charge in [0.2, 0.25) is 0 Å². The molecular weight excluding hydrogens is 270 g/mol. The maximum Gasteiger partial charge on any atom is 0.142 e. The number of rotatable bonds is 1. The fraction of sp³-hybridized carbons (Fsp3) is 0. The first kappa shape index (κ1) is 14.5. The molecule has 0 unspecified atom stereocenters. The van der Waals surface area contributed by atoms with Crippen LogP contribution in [0, 0.1) is 0 Å². The molecule has 0 spiro atoms. The third-order valence-electron chi connectivity index (χ3n) is 2.11. The molecule has 1 radical (unpaired) electrons. The van der Waals surface area contributed by atoms with Crippen LogP contribution in [0.2, 0.25) is 10.0 Å². The largest absolute Gasteiger partial charge is 0.506 e.